The molecule has 1 unspecified atom stereocenters. The highest BCUT2D eigenvalue weighted by molar-refractivity contribution is 7.91. The van der Waals surface area contributed by atoms with Crippen molar-refractivity contribution in [2.24, 2.45) is 0 Å². The second kappa shape index (κ2) is 4.87. The average Bonchev–Trinajstić information content (AvgIpc) is 2.48. The molecule has 0 saturated carbocycles. The van der Waals surface area contributed by atoms with Crippen LogP contribution in [0.5, 0.6) is 0 Å². The van der Waals surface area contributed by atoms with E-state index in [0.717, 1.165) is 10.9 Å². The van der Waals surface area contributed by atoms with Crippen molar-refractivity contribution < 1.29 is 36.9 Å². The summed E-state index contributed by atoms with van der Waals surface area (Å²) < 4.78 is 23.8. The Morgan fingerprint density at radius 3 is 2.20 bits per heavy atom. The first-order chi connectivity index (χ1) is 6.52. The largest absolute Gasteiger partial charge is 1.00 e. The number of halogens is 1. The third-order valence-corrected chi connectivity index (χ3v) is 5.68. The van der Waals surface area contributed by atoms with Crippen LogP contribution < -0.4 is 24.0 Å². The van der Waals surface area contributed by atoms with Gasteiger partial charge in [-0.2, -0.15) is 0 Å². The number of nitrogens with zero attached hydrogens (tertiary/aromatic N) is 1. The molecule has 0 aliphatic carbocycles. The van der Waals surface area contributed by atoms with E-state index in [4.69, 9.17) is 0 Å². The molecule has 0 aromatic heterocycles. The van der Waals surface area contributed by atoms with Gasteiger partial charge in [0.2, 0.25) is 0 Å². The van der Waals surface area contributed by atoms with Crippen molar-refractivity contribution >= 4 is 9.84 Å². The Kier molecular flexibility index (Phi) is 4.45. The molecule has 2 fully saturated rings. The van der Waals surface area contributed by atoms with E-state index in [1.165, 1.54) is 32.4 Å². The van der Waals surface area contributed by atoms with Gasteiger partial charge in [0.1, 0.15) is 11.8 Å². The van der Waals surface area contributed by atoms with Crippen LogP contribution in [0.3, 0.4) is 0 Å². The van der Waals surface area contributed by atoms with E-state index in [9.17, 15) is 8.42 Å². The molecule has 1 atom stereocenters. The highest BCUT2D eigenvalue weighted by atomic mass is 127. The van der Waals surface area contributed by atoms with Gasteiger partial charge >= 0.3 is 0 Å². The summed E-state index contributed by atoms with van der Waals surface area (Å²) >= 11 is 0. The number of likely N-dealkylation sites (tertiary alicyclic amines) is 1. The molecule has 2 heterocycles. The van der Waals surface area contributed by atoms with E-state index in [0.29, 0.717) is 17.5 Å². The highest BCUT2D eigenvalue weighted by Crippen LogP contribution is 2.27. The summed E-state index contributed by atoms with van der Waals surface area (Å²) in [7, 11) is -0.458. The van der Waals surface area contributed by atoms with Crippen LogP contribution in [0.4, 0.5) is 0 Å². The summed E-state index contributed by atoms with van der Waals surface area (Å²) in [6.45, 7) is 2.36. The van der Waals surface area contributed by atoms with Gasteiger partial charge < -0.3 is 28.5 Å². The van der Waals surface area contributed by atoms with Crippen LogP contribution in [-0.4, -0.2) is 50.6 Å². The van der Waals surface area contributed by atoms with Crippen LogP contribution in [0.1, 0.15) is 25.7 Å². The number of quaternary nitrogens is 1. The Morgan fingerprint density at radius 2 is 1.73 bits per heavy atom. The SMILES string of the molecule is C[N+]1(C2CCS(=O)(=O)C2)CCCCC1.[I-]. The predicted molar refractivity (Wildman–Crippen MR) is 56.8 cm³/mol. The number of hydrogen-bond donors (Lipinski definition) is 0. The third kappa shape index (κ3) is 3.06. The van der Waals surface area contributed by atoms with Crippen LogP contribution in [0, 0.1) is 0 Å². The van der Waals surface area contributed by atoms with Gasteiger partial charge in [-0.05, 0) is 19.3 Å². The van der Waals surface area contributed by atoms with Crippen LogP contribution in [0.25, 0.3) is 0 Å². The topological polar surface area (TPSA) is 34.1 Å². The molecule has 0 aromatic carbocycles. The smallest absolute Gasteiger partial charge is 0.156 e. The molecule has 15 heavy (non-hydrogen) atoms. The van der Waals surface area contributed by atoms with Crippen LogP contribution in [-0.2, 0) is 9.84 Å². The molecular formula is C10H20INO2S. The van der Waals surface area contributed by atoms with E-state index in [-0.39, 0.29) is 24.0 Å². The molecule has 2 aliphatic rings. The minimum atomic E-state index is -2.70. The molecule has 0 spiro atoms. The fourth-order valence-corrected chi connectivity index (χ4v) is 4.78. The lowest BCUT2D eigenvalue weighted by atomic mass is 10.0. The predicted octanol–water partition coefficient (Wildman–Crippen LogP) is -2.19. The molecule has 5 heteroatoms. The van der Waals surface area contributed by atoms with Gasteiger partial charge in [-0.1, -0.05) is 0 Å². The minimum absolute atomic E-state index is 0. The van der Waals surface area contributed by atoms with Crippen LogP contribution in [0.2, 0.25) is 0 Å². The normalized spacial score (nSPS) is 33.3. The zero-order chi connectivity index (χ0) is 10.2. The lowest BCUT2D eigenvalue weighted by molar-refractivity contribution is -0.934. The summed E-state index contributed by atoms with van der Waals surface area (Å²) in [5.74, 6) is 0.856. The quantitative estimate of drug-likeness (QED) is 0.400. The monoisotopic (exact) mass is 345 g/mol. The summed E-state index contributed by atoms with van der Waals surface area (Å²) in [4.78, 5) is 0. The van der Waals surface area contributed by atoms with Crippen molar-refractivity contribution in [1.82, 2.24) is 0 Å². The molecule has 2 saturated heterocycles. The molecule has 0 N–H and O–H groups in total. The van der Waals surface area contributed by atoms with Gasteiger partial charge in [-0.15, -0.1) is 0 Å². The van der Waals surface area contributed by atoms with Crippen molar-refractivity contribution in [2.45, 2.75) is 31.7 Å². The van der Waals surface area contributed by atoms with Gasteiger partial charge in [0.05, 0.1) is 25.9 Å². The van der Waals surface area contributed by atoms with Gasteiger partial charge in [0.15, 0.2) is 9.84 Å². The fraction of sp³-hybridized carbons (Fsp3) is 1.00. The first-order valence-electron chi connectivity index (χ1n) is 5.57. The van der Waals surface area contributed by atoms with E-state index in [2.05, 4.69) is 7.05 Å². The number of hydrogen-bond acceptors (Lipinski definition) is 2. The molecule has 2 rings (SSSR count). The Hall–Kier alpha value is 0.640. The van der Waals surface area contributed by atoms with Crippen molar-refractivity contribution in [3.8, 4) is 0 Å². The molecular weight excluding hydrogens is 325 g/mol. The zero-order valence-electron chi connectivity index (χ0n) is 9.28. The summed E-state index contributed by atoms with van der Waals surface area (Å²) in [5, 5.41) is 0. The highest BCUT2D eigenvalue weighted by Gasteiger charge is 2.41. The lowest BCUT2D eigenvalue weighted by Gasteiger charge is -2.42. The minimum Gasteiger partial charge on any atom is -1.00 e. The van der Waals surface area contributed by atoms with Gasteiger partial charge in [0.25, 0.3) is 0 Å². The average molecular weight is 345 g/mol. The molecule has 3 nitrogen and oxygen atoms in total. The molecule has 0 amide bonds. The molecule has 0 bridgehead atoms. The maximum atomic E-state index is 11.4. The Morgan fingerprint density at radius 1 is 1.13 bits per heavy atom. The molecule has 90 valence electrons. The van der Waals surface area contributed by atoms with Gasteiger partial charge in [-0.25, -0.2) is 8.42 Å². The zero-order valence-corrected chi connectivity index (χ0v) is 12.3. The Balaban J connectivity index is 0.00000112. The molecule has 2 aliphatic heterocycles. The second-order valence-corrected chi connectivity index (χ2v) is 7.27. The number of sulfone groups is 1. The first kappa shape index (κ1) is 13.7. The van der Waals surface area contributed by atoms with Gasteiger partial charge in [-0.3, -0.25) is 0 Å². The Labute approximate surface area is 110 Å². The number of piperidine rings is 1. The lowest BCUT2D eigenvalue weighted by Crippen LogP contribution is -3.00. The second-order valence-electron chi connectivity index (χ2n) is 5.04. The van der Waals surface area contributed by atoms with Crippen molar-refractivity contribution in [2.75, 3.05) is 31.6 Å². The summed E-state index contributed by atoms with van der Waals surface area (Å²) in [6, 6.07) is 0.389. The maximum Gasteiger partial charge on any atom is 0.156 e. The fourth-order valence-electron chi connectivity index (χ4n) is 2.87. The third-order valence-electron chi connectivity index (χ3n) is 3.93. The summed E-state index contributed by atoms with van der Waals surface area (Å²) in [6.07, 6.45) is 4.76. The van der Waals surface area contributed by atoms with Crippen LogP contribution >= 0.6 is 0 Å². The van der Waals surface area contributed by atoms with E-state index in [1.807, 2.05) is 0 Å². The first-order valence-corrected chi connectivity index (χ1v) is 7.39. The van der Waals surface area contributed by atoms with Gasteiger partial charge in [0, 0.05) is 6.42 Å². The maximum absolute atomic E-state index is 11.4. The van der Waals surface area contributed by atoms with Crippen LogP contribution in [0.15, 0.2) is 0 Å². The van der Waals surface area contributed by atoms with Crippen molar-refractivity contribution in [3.05, 3.63) is 0 Å². The Bertz CT molecular complexity index is 309. The summed E-state index contributed by atoms with van der Waals surface area (Å²) in [5.41, 5.74) is 0. The van der Waals surface area contributed by atoms with E-state index in [1.54, 1.807) is 0 Å². The molecule has 0 radical (unpaired) electrons. The standard InChI is InChI=1S/C10H20NO2S.HI/c1-11(6-3-2-4-7-11)10-5-8-14(12,13)9-10;/h10H,2-9H2,1H3;1H/q+1;/p-1. The van der Waals surface area contributed by atoms with Crippen molar-refractivity contribution in [3.63, 3.8) is 0 Å². The van der Waals surface area contributed by atoms with Crippen molar-refractivity contribution in [1.29, 1.82) is 0 Å². The number of rotatable bonds is 1. The molecule has 0 aromatic rings. The van der Waals surface area contributed by atoms with E-state index >= 15 is 0 Å². The van der Waals surface area contributed by atoms with E-state index < -0.39 is 9.84 Å².